The first-order valence-electron chi connectivity index (χ1n) is 8.98. The van der Waals surface area contributed by atoms with Crippen LogP contribution in [0, 0.1) is 0 Å². The molecule has 3 aromatic rings. The normalized spacial score (nSPS) is 11.2. The summed E-state index contributed by atoms with van der Waals surface area (Å²) in [5.41, 5.74) is 3.26. The zero-order valence-electron chi connectivity index (χ0n) is 16.3. The number of guanidine groups is 1. The molecule has 0 fully saturated rings. The number of nitrogens with zero attached hydrogens (tertiary/aromatic N) is 3. The highest BCUT2D eigenvalue weighted by molar-refractivity contribution is 5.79. The summed E-state index contributed by atoms with van der Waals surface area (Å²) in [7, 11) is 5.01. The second kappa shape index (κ2) is 9.45. The van der Waals surface area contributed by atoms with Crippen LogP contribution in [0.25, 0.3) is 5.69 Å². The fourth-order valence-electron chi connectivity index (χ4n) is 2.77. The smallest absolute Gasteiger partial charge is 0.191 e. The zero-order chi connectivity index (χ0) is 19.8. The van der Waals surface area contributed by atoms with E-state index in [0.717, 1.165) is 22.8 Å². The van der Waals surface area contributed by atoms with Crippen molar-refractivity contribution in [2.75, 3.05) is 21.3 Å². The number of ether oxygens (including phenoxy) is 2. The molecule has 1 heterocycles. The number of rotatable bonds is 7. The lowest BCUT2D eigenvalue weighted by atomic mass is 10.2. The maximum absolute atomic E-state index is 5.35. The minimum atomic E-state index is 0.623. The molecule has 7 heteroatoms. The molecule has 28 heavy (non-hydrogen) atoms. The molecule has 7 nitrogen and oxygen atoms in total. The second-order valence-electron chi connectivity index (χ2n) is 6.09. The highest BCUT2D eigenvalue weighted by Crippen LogP contribution is 2.27. The summed E-state index contributed by atoms with van der Waals surface area (Å²) in [4.78, 5) is 4.28. The summed E-state index contributed by atoms with van der Waals surface area (Å²) in [5.74, 6) is 2.15. The number of hydrogen-bond donors (Lipinski definition) is 2. The van der Waals surface area contributed by atoms with Crippen LogP contribution in [0.1, 0.15) is 11.1 Å². The van der Waals surface area contributed by atoms with Gasteiger partial charge in [0.05, 0.1) is 19.9 Å². The van der Waals surface area contributed by atoms with Gasteiger partial charge in [-0.15, -0.1) is 0 Å². The van der Waals surface area contributed by atoms with Crippen LogP contribution >= 0.6 is 0 Å². The molecule has 2 aromatic carbocycles. The lowest BCUT2D eigenvalue weighted by molar-refractivity contribution is 0.354. The molecule has 0 bridgehead atoms. The zero-order valence-corrected chi connectivity index (χ0v) is 16.3. The summed E-state index contributed by atoms with van der Waals surface area (Å²) in [6.07, 6.45) is 3.69. The van der Waals surface area contributed by atoms with E-state index in [4.69, 9.17) is 9.47 Å². The number of hydrogen-bond acceptors (Lipinski definition) is 4. The molecule has 0 aliphatic carbocycles. The molecule has 0 saturated heterocycles. The van der Waals surface area contributed by atoms with Gasteiger partial charge in [0.2, 0.25) is 0 Å². The Morgan fingerprint density at radius 3 is 2.25 bits per heavy atom. The van der Waals surface area contributed by atoms with Crippen molar-refractivity contribution in [3.05, 3.63) is 72.1 Å². The molecular formula is C21H25N5O2. The van der Waals surface area contributed by atoms with Crippen molar-refractivity contribution in [2.45, 2.75) is 13.1 Å². The van der Waals surface area contributed by atoms with Gasteiger partial charge in [-0.1, -0.05) is 18.2 Å². The Morgan fingerprint density at radius 1 is 0.964 bits per heavy atom. The Balaban J connectivity index is 1.53. The first-order chi connectivity index (χ1) is 13.7. The van der Waals surface area contributed by atoms with E-state index in [0.29, 0.717) is 24.6 Å². The van der Waals surface area contributed by atoms with Crippen molar-refractivity contribution >= 4 is 5.96 Å². The van der Waals surface area contributed by atoms with Crippen molar-refractivity contribution in [1.82, 2.24) is 20.4 Å². The summed E-state index contributed by atoms with van der Waals surface area (Å²) >= 11 is 0. The first-order valence-corrected chi connectivity index (χ1v) is 8.98. The fourth-order valence-corrected chi connectivity index (χ4v) is 2.77. The maximum Gasteiger partial charge on any atom is 0.191 e. The van der Waals surface area contributed by atoms with Crippen molar-refractivity contribution in [2.24, 2.45) is 4.99 Å². The average Bonchev–Trinajstić information content (AvgIpc) is 3.29. The minimum absolute atomic E-state index is 0.623. The third-order valence-electron chi connectivity index (χ3n) is 4.30. The van der Waals surface area contributed by atoms with Crippen molar-refractivity contribution < 1.29 is 9.47 Å². The fraction of sp³-hybridized carbons (Fsp3) is 0.238. The summed E-state index contributed by atoms with van der Waals surface area (Å²) in [6.45, 7) is 1.29. The van der Waals surface area contributed by atoms with Gasteiger partial charge in [-0.3, -0.25) is 4.99 Å². The molecule has 3 rings (SSSR count). The predicted octanol–water partition coefficient (Wildman–Crippen LogP) is 2.75. The molecule has 0 amide bonds. The number of methoxy groups -OCH3 is 2. The summed E-state index contributed by atoms with van der Waals surface area (Å²) in [5, 5.41) is 10.9. The lowest BCUT2D eigenvalue weighted by Crippen LogP contribution is -2.36. The van der Waals surface area contributed by atoms with E-state index < -0.39 is 0 Å². The molecule has 146 valence electrons. The van der Waals surface area contributed by atoms with Gasteiger partial charge in [0.15, 0.2) is 17.5 Å². The number of aliphatic imine (C=N–C) groups is 1. The van der Waals surface area contributed by atoms with Crippen LogP contribution in [0.5, 0.6) is 11.5 Å². The summed E-state index contributed by atoms with van der Waals surface area (Å²) < 4.78 is 12.5. The molecular weight excluding hydrogens is 354 g/mol. The largest absolute Gasteiger partial charge is 0.493 e. The van der Waals surface area contributed by atoms with Gasteiger partial charge in [-0.05, 0) is 41.5 Å². The SMILES string of the molecule is CN=C(NCc1ccc(-n2cccn2)cc1)NCc1ccc(OC)c(OC)c1. The van der Waals surface area contributed by atoms with E-state index in [-0.39, 0.29) is 0 Å². The van der Waals surface area contributed by atoms with E-state index in [9.17, 15) is 0 Å². The molecule has 1 aromatic heterocycles. The van der Waals surface area contributed by atoms with Crippen LogP contribution in [-0.4, -0.2) is 37.0 Å². The van der Waals surface area contributed by atoms with E-state index in [1.54, 1.807) is 27.5 Å². The van der Waals surface area contributed by atoms with Crippen molar-refractivity contribution in [1.29, 1.82) is 0 Å². The van der Waals surface area contributed by atoms with Crippen molar-refractivity contribution in [3.63, 3.8) is 0 Å². The summed E-state index contributed by atoms with van der Waals surface area (Å²) in [6, 6.07) is 16.0. The van der Waals surface area contributed by atoms with Gasteiger partial charge in [-0.25, -0.2) is 4.68 Å². The minimum Gasteiger partial charge on any atom is -0.493 e. The molecule has 0 unspecified atom stereocenters. The van der Waals surface area contributed by atoms with Crippen LogP contribution in [0.2, 0.25) is 0 Å². The van der Waals surface area contributed by atoms with Gasteiger partial charge in [0.1, 0.15) is 0 Å². The van der Waals surface area contributed by atoms with Crippen LogP contribution in [0.15, 0.2) is 65.9 Å². The van der Waals surface area contributed by atoms with E-state index in [1.807, 2.05) is 47.3 Å². The number of aromatic nitrogens is 2. The molecule has 2 N–H and O–H groups in total. The van der Waals surface area contributed by atoms with E-state index >= 15 is 0 Å². The van der Waals surface area contributed by atoms with Gasteiger partial charge in [0, 0.05) is 32.5 Å². The lowest BCUT2D eigenvalue weighted by Gasteiger charge is -2.14. The van der Waals surface area contributed by atoms with Gasteiger partial charge < -0.3 is 20.1 Å². The highest BCUT2D eigenvalue weighted by atomic mass is 16.5. The Labute approximate surface area is 165 Å². The van der Waals surface area contributed by atoms with Crippen LogP contribution in [-0.2, 0) is 13.1 Å². The number of benzene rings is 2. The van der Waals surface area contributed by atoms with Gasteiger partial charge in [0.25, 0.3) is 0 Å². The molecule has 0 aliphatic rings. The Bertz CT molecular complexity index is 905. The quantitative estimate of drug-likeness (QED) is 0.488. The van der Waals surface area contributed by atoms with Crippen LogP contribution in [0.4, 0.5) is 0 Å². The Hall–Kier alpha value is -3.48. The molecule has 0 saturated carbocycles. The third-order valence-corrected chi connectivity index (χ3v) is 4.30. The topological polar surface area (TPSA) is 72.7 Å². The predicted molar refractivity (Wildman–Crippen MR) is 110 cm³/mol. The molecule has 0 radical (unpaired) electrons. The molecule has 0 atom stereocenters. The number of nitrogens with one attached hydrogen (secondary N) is 2. The van der Waals surface area contributed by atoms with Gasteiger partial charge in [-0.2, -0.15) is 5.10 Å². The third kappa shape index (κ3) is 4.82. The standard InChI is InChI=1S/C21H25N5O2/c1-22-21(24-15-17-7-10-19(27-2)20(13-17)28-3)23-14-16-5-8-18(9-6-16)26-12-4-11-25-26/h4-13H,14-15H2,1-3H3,(H2,22,23,24). The maximum atomic E-state index is 5.35. The molecule has 0 aliphatic heterocycles. The Morgan fingerprint density at radius 2 is 1.64 bits per heavy atom. The van der Waals surface area contributed by atoms with E-state index in [2.05, 4.69) is 32.9 Å². The van der Waals surface area contributed by atoms with Gasteiger partial charge >= 0.3 is 0 Å². The highest BCUT2D eigenvalue weighted by Gasteiger charge is 2.05. The molecule has 0 spiro atoms. The second-order valence-corrected chi connectivity index (χ2v) is 6.09. The Kier molecular flexibility index (Phi) is 6.51. The van der Waals surface area contributed by atoms with Crippen LogP contribution in [0.3, 0.4) is 0 Å². The average molecular weight is 379 g/mol. The van der Waals surface area contributed by atoms with Crippen molar-refractivity contribution in [3.8, 4) is 17.2 Å². The first kappa shape index (κ1) is 19.3. The monoisotopic (exact) mass is 379 g/mol. The van der Waals surface area contributed by atoms with E-state index in [1.165, 1.54) is 0 Å². The van der Waals surface area contributed by atoms with Crippen LogP contribution < -0.4 is 20.1 Å².